The Bertz CT molecular complexity index is 423. The van der Waals surface area contributed by atoms with Crippen LogP contribution in [0.15, 0.2) is 18.2 Å². The summed E-state index contributed by atoms with van der Waals surface area (Å²) in [5, 5.41) is 2.88. The fourth-order valence-electron chi connectivity index (χ4n) is 1.52. The summed E-state index contributed by atoms with van der Waals surface area (Å²) in [5.74, 6) is -1.82. The first kappa shape index (κ1) is 14.6. The largest absolute Gasteiger partial charge is 0.345 e. The van der Waals surface area contributed by atoms with Crippen LogP contribution in [0.5, 0.6) is 0 Å². The van der Waals surface area contributed by atoms with Gasteiger partial charge in [-0.05, 0) is 19.9 Å². The lowest BCUT2D eigenvalue weighted by Gasteiger charge is -2.20. The molecule has 0 bridgehead atoms. The molecule has 100 valence electrons. The van der Waals surface area contributed by atoms with Crippen molar-refractivity contribution in [2.75, 3.05) is 13.6 Å². The number of rotatable bonds is 5. The lowest BCUT2D eigenvalue weighted by molar-refractivity contribution is -0.131. The van der Waals surface area contributed by atoms with Crippen molar-refractivity contribution in [1.29, 1.82) is 0 Å². The maximum absolute atomic E-state index is 13.4. The second kappa shape index (κ2) is 6.44. The van der Waals surface area contributed by atoms with Crippen LogP contribution in [0.25, 0.3) is 0 Å². The van der Waals surface area contributed by atoms with Gasteiger partial charge in [-0.15, -0.1) is 0 Å². The van der Waals surface area contributed by atoms with Crippen LogP contribution in [0, 0.1) is 11.6 Å². The van der Waals surface area contributed by atoms with Gasteiger partial charge in [0.1, 0.15) is 0 Å². The number of hydrogen-bond acceptors (Lipinski definition) is 2. The van der Waals surface area contributed by atoms with Gasteiger partial charge >= 0.3 is 0 Å². The molecule has 0 aliphatic rings. The van der Waals surface area contributed by atoms with E-state index in [-0.39, 0.29) is 18.0 Å². The zero-order valence-corrected chi connectivity index (χ0v) is 10.8. The van der Waals surface area contributed by atoms with Crippen molar-refractivity contribution in [3.8, 4) is 0 Å². The van der Waals surface area contributed by atoms with E-state index in [9.17, 15) is 13.6 Å². The van der Waals surface area contributed by atoms with Gasteiger partial charge in [-0.2, -0.15) is 0 Å². The molecule has 1 N–H and O–H groups in total. The molecule has 0 aliphatic heterocycles. The van der Waals surface area contributed by atoms with Crippen molar-refractivity contribution in [1.82, 2.24) is 10.2 Å². The van der Waals surface area contributed by atoms with Gasteiger partial charge in [0.25, 0.3) is 0 Å². The summed E-state index contributed by atoms with van der Waals surface area (Å²) in [5.41, 5.74) is 0.216. The lowest BCUT2D eigenvalue weighted by atomic mass is 10.2. The minimum absolute atomic E-state index is 0.0747. The number of nitrogens with one attached hydrogen (secondary N) is 1. The summed E-state index contributed by atoms with van der Waals surface area (Å²) >= 11 is 0. The first-order valence-electron chi connectivity index (χ1n) is 5.88. The molecule has 0 aliphatic carbocycles. The predicted molar refractivity (Wildman–Crippen MR) is 66.0 cm³/mol. The van der Waals surface area contributed by atoms with Crippen molar-refractivity contribution in [3.05, 3.63) is 35.4 Å². The first-order chi connectivity index (χ1) is 8.47. The highest BCUT2D eigenvalue weighted by atomic mass is 19.2. The number of hydrogen-bond donors (Lipinski definition) is 1. The summed E-state index contributed by atoms with van der Waals surface area (Å²) in [6.07, 6.45) is 0. The van der Waals surface area contributed by atoms with Gasteiger partial charge in [0.15, 0.2) is 11.6 Å². The highest BCUT2D eigenvalue weighted by molar-refractivity contribution is 5.81. The van der Waals surface area contributed by atoms with Gasteiger partial charge in [-0.3, -0.25) is 4.79 Å². The van der Waals surface area contributed by atoms with Crippen LogP contribution in [0.3, 0.4) is 0 Å². The summed E-state index contributed by atoms with van der Waals surface area (Å²) in [6.45, 7) is 4.30. The second-order valence-corrected chi connectivity index (χ2v) is 4.17. The zero-order valence-electron chi connectivity index (χ0n) is 10.8. The van der Waals surface area contributed by atoms with Crippen LogP contribution in [-0.2, 0) is 11.3 Å². The Morgan fingerprint density at radius 1 is 1.44 bits per heavy atom. The molecule has 1 atom stereocenters. The van der Waals surface area contributed by atoms with Crippen LogP contribution in [0.1, 0.15) is 19.4 Å². The SMILES string of the molecule is CCN(C)C(=O)C(C)NCc1cccc(F)c1F. The Kier molecular flexibility index (Phi) is 5.22. The van der Waals surface area contributed by atoms with E-state index in [0.717, 1.165) is 6.07 Å². The third kappa shape index (κ3) is 3.50. The number of nitrogens with zero attached hydrogens (tertiary/aromatic N) is 1. The Hall–Kier alpha value is -1.49. The van der Waals surface area contributed by atoms with E-state index in [1.807, 2.05) is 6.92 Å². The summed E-state index contributed by atoms with van der Waals surface area (Å²) in [4.78, 5) is 13.3. The number of carbonyl (C=O) groups excluding carboxylic acids is 1. The fraction of sp³-hybridized carbons (Fsp3) is 0.462. The zero-order chi connectivity index (χ0) is 13.7. The van der Waals surface area contributed by atoms with E-state index in [1.165, 1.54) is 12.1 Å². The van der Waals surface area contributed by atoms with Crippen LogP contribution in [0.2, 0.25) is 0 Å². The Morgan fingerprint density at radius 2 is 2.11 bits per heavy atom. The van der Waals surface area contributed by atoms with Gasteiger partial charge in [-0.25, -0.2) is 8.78 Å². The second-order valence-electron chi connectivity index (χ2n) is 4.17. The van der Waals surface area contributed by atoms with Crippen LogP contribution in [0.4, 0.5) is 8.78 Å². The molecule has 1 amide bonds. The van der Waals surface area contributed by atoms with Crippen LogP contribution in [-0.4, -0.2) is 30.4 Å². The molecule has 0 radical (unpaired) electrons. The number of likely N-dealkylation sites (N-methyl/N-ethyl adjacent to an activating group) is 1. The molecule has 0 aromatic heterocycles. The molecule has 1 rings (SSSR count). The van der Waals surface area contributed by atoms with Crippen molar-refractivity contribution in [2.45, 2.75) is 26.4 Å². The Balaban J connectivity index is 2.60. The number of carbonyl (C=O) groups is 1. The molecule has 1 unspecified atom stereocenters. The predicted octanol–water partition coefficient (Wildman–Crippen LogP) is 1.92. The third-order valence-corrected chi connectivity index (χ3v) is 2.85. The van der Waals surface area contributed by atoms with Crippen LogP contribution < -0.4 is 5.32 Å². The molecule has 3 nitrogen and oxygen atoms in total. The smallest absolute Gasteiger partial charge is 0.239 e. The quantitative estimate of drug-likeness (QED) is 0.873. The first-order valence-corrected chi connectivity index (χ1v) is 5.88. The van der Waals surface area contributed by atoms with Crippen LogP contribution >= 0.6 is 0 Å². The lowest BCUT2D eigenvalue weighted by Crippen LogP contribution is -2.42. The molecule has 18 heavy (non-hydrogen) atoms. The summed E-state index contributed by atoms with van der Waals surface area (Å²) in [7, 11) is 1.70. The normalized spacial score (nSPS) is 12.3. The molecule has 0 spiro atoms. The van der Waals surface area contributed by atoms with E-state index in [4.69, 9.17) is 0 Å². The van der Waals surface area contributed by atoms with E-state index >= 15 is 0 Å². The molecule has 0 saturated heterocycles. The van der Waals surface area contributed by atoms with Gasteiger partial charge in [0, 0.05) is 25.7 Å². The van der Waals surface area contributed by atoms with Gasteiger partial charge in [0.2, 0.25) is 5.91 Å². The highest BCUT2D eigenvalue weighted by Crippen LogP contribution is 2.11. The Labute approximate surface area is 106 Å². The molecule has 1 aromatic rings. The van der Waals surface area contributed by atoms with Crippen molar-refractivity contribution >= 4 is 5.91 Å². The number of amides is 1. The van der Waals surface area contributed by atoms with E-state index < -0.39 is 17.7 Å². The Morgan fingerprint density at radius 3 is 2.72 bits per heavy atom. The van der Waals surface area contributed by atoms with E-state index in [0.29, 0.717) is 6.54 Å². The van der Waals surface area contributed by atoms with Crippen molar-refractivity contribution in [3.63, 3.8) is 0 Å². The van der Waals surface area contributed by atoms with Crippen molar-refractivity contribution < 1.29 is 13.6 Å². The average Bonchev–Trinajstić information content (AvgIpc) is 2.38. The maximum atomic E-state index is 13.4. The maximum Gasteiger partial charge on any atom is 0.239 e. The monoisotopic (exact) mass is 256 g/mol. The molecule has 0 saturated carbocycles. The van der Waals surface area contributed by atoms with Gasteiger partial charge < -0.3 is 10.2 Å². The number of benzene rings is 1. The third-order valence-electron chi connectivity index (χ3n) is 2.85. The molecule has 5 heteroatoms. The van der Waals surface area contributed by atoms with Crippen molar-refractivity contribution in [2.24, 2.45) is 0 Å². The van der Waals surface area contributed by atoms with E-state index in [2.05, 4.69) is 5.32 Å². The molecule has 0 heterocycles. The van der Waals surface area contributed by atoms with E-state index in [1.54, 1.807) is 18.9 Å². The summed E-state index contributed by atoms with van der Waals surface area (Å²) < 4.78 is 26.3. The molecular formula is C13H18F2N2O. The number of halogens is 2. The molecule has 1 aromatic carbocycles. The topological polar surface area (TPSA) is 32.3 Å². The fourth-order valence-corrected chi connectivity index (χ4v) is 1.52. The van der Waals surface area contributed by atoms with Gasteiger partial charge in [0.05, 0.1) is 6.04 Å². The summed E-state index contributed by atoms with van der Waals surface area (Å²) in [6, 6.07) is 3.57. The average molecular weight is 256 g/mol. The highest BCUT2D eigenvalue weighted by Gasteiger charge is 2.16. The molecular weight excluding hydrogens is 238 g/mol. The standard InChI is InChI=1S/C13H18F2N2O/c1-4-17(3)13(18)9(2)16-8-10-6-5-7-11(14)12(10)15/h5-7,9,16H,4,8H2,1-3H3. The van der Waals surface area contributed by atoms with Gasteiger partial charge in [-0.1, -0.05) is 12.1 Å². The minimum atomic E-state index is -0.876. The minimum Gasteiger partial charge on any atom is -0.345 e. The molecule has 0 fully saturated rings.